The maximum absolute atomic E-state index is 13.0. The molecular formula is C22H23F3N4O4S. The number of carbonyl (C=O) groups excluding carboxylic acids is 1. The summed E-state index contributed by atoms with van der Waals surface area (Å²) < 4.78 is 71.7. The van der Waals surface area contributed by atoms with Gasteiger partial charge in [-0.05, 0) is 56.3 Å². The van der Waals surface area contributed by atoms with E-state index in [0.29, 0.717) is 5.69 Å². The van der Waals surface area contributed by atoms with E-state index in [1.54, 1.807) is 13.8 Å². The Morgan fingerprint density at radius 2 is 1.79 bits per heavy atom. The SMILES string of the molecule is COc1cn(-c2cccc(C(F)(F)F)c2)nc1C(=O)Nc1ccc(S(=O)(=O)N(C)C(C)C)cc1. The third-order valence-electron chi connectivity index (χ3n) is 5.07. The van der Waals surface area contributed by atoms with Crippen LogP contribution in [-0.4, -0.2) is 48.6 Å². The van der Waals surface area contributed by atoms with Gasteiger partial charge in [-0.3, -0.25) is 4.79 Å². The van der Waals surface area contributed by atoms with Crippen molar-refractivity contribution in [3.8, 4) is 11.4 Å². The molecule has 0 saturated heterocycles. The summed E-state index contributed by atoms with van der Waals surface area (Å²) in [7, 11) is -0.907. The van der Waals surface area contributed by atoms with Crippen molar-refractivity contribution in [3.63, 3.8) is 0 Å². The predicted octanol–water partition coefficient (Wildman–Crippen LogP) is 4.18. The summed E-state index contributed by atoms with van der Waals surface area (Å²) in [5.74, 6) is -0.634. The minimum Gasteiger partial charge on any atom is -0.493 e. The lowest BCUT2D eigenvalue weighted by atomic mass is 10.2. The summed E-state index contributed by atoms with van der Waals surface area (Å²) in [6.45, 7) is 3.50. The highest BCUT2D eigenvalue weighted by Gasteiger charge is 2.31. The maximum Gasteiger partial charge on any atom is 0.416 e. The molecule has 0 aliphatic carbocycles. The van der Waals surface area contributed by atoms with Crippen LogP contribution in [0.4, 0.5) is 18.9 Å². The van der Waals surface area contributed by atoms with Gasteiger partial charge in [-0.1, -0.05) is 6.07 Å². The second-order valence-electron chi connectivity index (χ2n) is 7.63. The van der Waals surface area contributed by atoms with Crippen molar-refractivity contribution >= 4 is 21.6 Å². The fraction of sp³-hybridized carbons (Fsp3) is 0.273. The van der Waals surface area contributed by atoms with E-state index >= 15 is 0 Å². The Labute approximate surface area is 195 Å². The fourth-order valence-corrected chi connectivity index (χ4v) is 4.33. The molecule has 0 bridgehead atoms. The summed E-state index contributed by atoms with van der Waals surface area (Å²) in [6, 6.07) is 9.83. The van der Waals surface area contributed by atoms with E-state index in [9.17, 15) is 26.4 Å². The number of sulfonamides is 1. The highest BCUT2D eigenvalue weighted by Crippen LogP contribution is 2.31. The molecule has 0 radical (unpaired) electrons. The molecule has 0 saturated carbocycles. The van der Waals surface area contributed by atoms with Crippen molar-refractivity contribution in [3.05, 3.63) is 66.0 Å². The van der Waals surface area contributed by atoms with Crippen molar-refractivity contribution < 1.29 is 31.1 Å². The number of carbonyl (C=O) groups is 1. The molecule has 2 aromatic carbocycles. The lowest BCUT2D eigenvalue weighted by molar-refractivity contribution is -0.137. The molecular weight excluding hydrogens is 473 g/mol. The lowest BCUT2D eigenvalue weighted by Gasteiger charge is -2.21. The van der Waals surface area contributed by atoms with Gasteiger partial charge in [0.05, 0.1) is 29.5 Å². The molecule has 182 valence electrons. The number of nitrogens with one attached hydrogen (secondary N) is 1. The van der Waals surface area contributed by atoms with Crippen molar-refractivity contribution in [1.29, 1.82) is 0 Å². The van der Waals surface area contributed by atoms with Crippen LogP contribution in [0.5, 0.6) is 5.75 Å². The standard InChI is InChI=1S/C22H23F3N4O4S/c1-14(2)28(3)34(31,32)18-10-8-16(9-11-18)26-21(30)20-19(33-4)13-29(27-20)17-7-5-6-15(12-17)22(23,24)25/h5-14H,1-4H3,(H,26,30). The number of ether oxygens (including phenoxy) is 1. The van der Waals surface area contributed by atoms with E-state index in [0.717, 1.165) is 16.8 Å². The van der Waals surface area contributed by atoms with Crippen LogP contribution in [0.15, 0.2) is 59.6 Å². The monoisotopic (exact) mass is 496 g/mol. The number of hydrogen-bond donors (Lipinski definition) is 1. The van der Waals surface area contributed by atoms with Gasteiger partial charge >= 0.3 is 6.18 Å². The Kier molecular flexibility index (Phi) is 7.03. The van der Waals surface area contributed by atoms with Crippen LogP contribution >= 0.6 is 0 Å². The zero-order chi connectivity index (χ0) is 25.3. The largest absolute Gasteiger partial charge is 0.493 e. The first-order valence-corrected chi connectivity index (χ1v) is 11.5. The van der Waals surface area contributed by atoms with Crippen LogP contribution in [0.1, 0.15) is 29.9 Å². The van der Waals surface area contributed by atoms with Crippen LogP contribution < -0.4 is 10.1 Å². The van der Waals surface area contributed by atoms with Gasteiger partial charge in [-0.25, -0.2) is 13.1 Å². The molecule has 1 aromatic heterocycles. The number of hydrogen-bond acceptors (Lipinski definition) is 5. The first-order chi connectivity index (χ1) is 15.8. The van der Waals surface area contributed by atoms with Crippen LogP contribution in [0.3, 0.4) is 0 Å². The van der Waals surface area contributed by atoms with Gasteiger partial charge in [-0.15, -0.1) is 0 Å². The number of halogens is 3. The second-order valence-corrected chi connectivity index (χ2v) is 9.63. The first kappa shape index (κ1) is 25.2. The molecule has 1 amide bonds. The van der Waals surface area contributed by atoms with E-state index in [2.05, 4.69) is 10.4 Å². The molecule has 1 N–H and O–H groups in total. The van der Waals surface area contributed by atoms with Gasteiger partial charge in [0, 0.05) is 18.8 Å². The number of benzene rings is 2. The van der Waals surface area contributed by atoms with E-state index in [-0.39, 0.29) is 28.1 Å². The third-order valence-corrected chi connectivity index (χ3v) is 7.12. The minimum atomic E-state index is -4.53. The van der Waals surface area contributed by atoms with E-state index in [1.807, 2.05) is 0 Å². The lowest BCUT2D eigenvalue weighted by Crippen LogP contribution is -2.33. The van der Waals surface area contributed by atoms with Gasteiger partial charge in [0.25, 0.3) is 5.91 Å². The number of anilines is 1. The minimum absolute atomic E-state index is 0.0488. The highest BCUT2D eigenvalue weighted by atomic mass is 32.2. The summed E-state index contributed by atoms with van der Waals surface area (Å²) in [4.78, 5) is 12.8. The molecule has 12 heteroatoms. The maximum atomic E-state index is 13.0. The molecule has 8 nitrogen and oxygen atoms in total. The van der Waals surface area contributed by atoms with Crippen LogP contribution in [0.25, 0.3) is 5.69 Å². The predicted molar refractivity (Wildman–Crippen MR) is 120 cm³/mol. The van der Waals surface area contributed by atoms with Crippen molar-refractivity contribution in [1.82, 2.24) is 14.1 Å². The molecule has 3 rings (SSSR count). The number of rotatable bonds is 7. The van der Waals surface area contributed by atoms with Gasteiger partial charge in [0.15, 0.2) is 11.4 Å². The van der Waals surface area contributed by atoms with Gasteiger partial charge < -0.3 is 10.1 Å². The van der Waals surface area contributed by atoms with Gasteiger partial charge in [0.1, 0.15) is 0 Å². The third kappa shape index (κ3) is 5.23. The molecule has 0 fully saturated rings. The quantitative estimate of drug-likeness (QED) is 0.530. The number of amides is 1. The molecule has 34 heavy (non-hydrogen) atoms. The van der Waals surface area contributed by atoms with Crippen LogP contribution in [0.2, 0.25) is 0 Å². The van der Waals surface area contributed by atoms with E-state index in [4.69, 9.17) is 4.74 Å². The average molecular weight is 497 g/mol. The van der Waals surface area contributed by atoms with Gasteiger partial charge in [-0.2, -0.15) is 22.6 Å². The molecule has 0 unspecified atom stereocenters. The van der Waals surface area contributed by atoms with Crippen molar-refractivity contribution in [2.75, 3.05) is 19.5 Å². The fourth-order valence-electron chi connectivity index (χ4n) is 2.97. The summed E-state index contributed by atoms with van der Waals surface area (Å²) in [5, 5.41) is 6.66. The topological polar surface area (TPSA) is 93.5 Å². The number of alkyl halides is 3. The number of aromatic nitrogens is 2. The Balaban J connectivity index is 1.84. The number of nitrogens with zero attached hydrogens (tertiary/aromatic N) is 3. The highest BCUT2D eigenvalue weighted by molar-refractivity contribution is 7.89. The zero-order valence-corrected chi connectivity index (χ0v) is 19.6. The first-order valence-electron chi connectivity index (χ1n) is 10.1. The molecule has 0 atom stereocenters. The molecule has 0 aliphatic rings. The molecule has 1 heterocycles. The normalized spacial score (nSPS) is 12.3. The zero-order valence-electron chi connectivity index (χ0n) is 18.8. The molecule has 3 aromatic rings. The summed E-state index contributed by atoms with van der Waals surface area (Å²) in [6.07, 6.45) is -3.24. The second kappa shape index (κ2) is 9.47. The molecule has 0 spiro atoms. The Morgan fingerprint density at radius 1 is 1.15 bits per heavy atom. The van der Waals surface area contributed by atoms with Crippen LogP contribution in [0, 0.1) is 0 Å². The van der Waals surface area contributed by atoms with Crippen LogP contribution in [-0.2, 0) is 16.2 Å². The van der Waals surface area contributed by atoms with E-state index in [1.165, 1.54) is 61.1 Å². The van der Waals surface area contributed by atoms with Crippen molar-refractivity contribution in [2.45, 2.75) is 31.0 Å². The van der Waals surface area contributed by atoms with Crippen molar-refractivity contribution in [2.24, 2.45) is 0 Å². The number of methoxy groups -OCH3 is 1. The summed E-state index contributed by atoms with van der Waals surface area (Å²) in [5.41, 5.74) is -0.623. The average Bonchev–Trinajstić information content (AvgIpc) is 3.23. The summed E-state index contributed by atoms with van der Waals surface area (Å²) >= 11 is 0. The Bertz CT molecular complexity index is 1290. The smallest absolute Gasteiger partial charge is 0.416 e. The Morgan fingerprint density at radius 3 is 2.35 bits per heavy atom. The Hall–Kier alpha value is -3.38. The van der Waals surface area contributed by atoms with E-state index < -0.39 is 27.7 Å². The van der Waals surface area contributed by atoms with Gasteiger partial charge in [0.2, 0.25) is 10.0 Å². The molecule has 0 aliphatic heterocycles.